The number of carbonyl (C=O) groups is 2. The van der Waals surface area contributed by atoms with Gasteiger partial charge >= 0.3 is 5.97 Å². The fourth-order valence-electron chi connectivity index (χ4n) is 2.19. The van der Waals surface area contributed by atoms with Crippen LogP contribution in [0, 0.1) is 0 Å². The number of halogens is 2. The van der Waals surface area contributed by atoms with Gasteiger partial charge in [0.25, 0.3) is 5.91 Å². The van der Waals surface area contributed by atoms with Gasteiger partial charge in [0.1, 0.15) is 6.04 Å². The lowest BCUT2D eigenvalue weighted by Crippen LogP contribution is -2.41. The summed E-state index contributed by atoms with van der Waals surface area (Å²) in [4.78, 5) is 25.5. The van der Waals surface area contributed by atoms with Crippen LogP contribution in [0.25, 0.3) is 0 Å². The molecule has 1 atom stereocenters. The molecule has 0 saturated carbocycles. The summed E-state index contributed by atoms with van der Waals surface area (Å²) in [6, 6.07) is 4.18. The SMILES string of the molecule is COC(=O)C1CCCN1C(=O)c1ccc(Cl)c(Cl)c1. The van der Waals surface area contributed by atoms with Gasteiger partial charge in [-0.3, -0.25) is 4.79 Å². The van der Waals surface area contributed by atoms with Crippen LogP contribution in [0.3, 0.4) is 0 Å². The smallest absolute Gasteiger partial charge is 0.328 e. The largest absolute Gasteiger partial charge is 0.467 e. The molecule has 0 aromatic heterocycles. The van der Waals surface area contributed by atoms with E-state index in [1.165, 1.54) is 18.1 Å². The molecule has 102 valence electrons. The summed E-state index contributed by atoms with van der Waals surface area (Å²) in [7, 11) is 1.32. The maximum Gasteiger partial charge on any atom is 0.328 e. The number of benzene rings is 1. The fourth-order valence-corrected chi connectivity index (χ4v) is 2.48. The van der Waals surface area contributed by atoms with Gasteiger partial charge in [0, 0.05) is 12.1 Å². The summed E-state index contributed by atoms with van der Waals surface area (Å²) in [6.45, 7) is 0.541. The van der Waals surface area contributed by atoms with Crippen LogP contribution in [0.15, 0.2) is 18.2 Å². The monoisotopic (exact) mass is 301 g/mol. The van der Waals surface area contributed by atoms with Crippen molar-refractivity contribution in [3.8, 4) is 0 Å². The molecule has 2 rings (SSSR count). The van der Waals surface area contributed by atoms with Crippen molar-refractivity contribution in [1.29, 1.82) is 0 Å². The van der Waals surface area contributed by atoms with E-state index in [0.29, 0.717) is 28.6 Å². The first-order chi connectivity index (χ1) is 9.04. The molecule has 1 amide bonds. The van der Waals surface area contributed by atoms with E-state index < -0.39 is 6.04 Å². The molecule has 1 aromatic carbocycles. The Morgan fingerprint density at radius 2 is 2.05 bits per heavy atom. The van der Waals surface area contributed by atoms with Crippen molar-refractivity contribution < 1.29 is 14.3 Å². The van der Waals surface area contributed by atoms with Gasteiger partial charge in [0.15, 0.2) is 0 Å². The molecule has 1 aromatic rings. The van der Waals surface area contributed by atoms with Crippen molar-refractivity contribution in [2.75, 3.05) is 13.7 Å². The summed E-state index contributed by atoms with van der Waals surface area (Å²) >= 11 is 11.7. The Morgan fingerprint density at radius 3 is 2.68 bits per heavy atom. The molecule has 0 spiro atoms. The first kappa shape index (κ1) is 14.2. The number of methoxy groups -OCH3 is 1. The lowest BCUT2D eigenvalue weighted by molar-refractivity contribution is -0.145. The molecule has 0 aliphatic carbocycles. The van der Waals surface area contributed by atoms with Gasteiger partial charge in [-0.15, -0.1) is 0 Å². The summed E-state index contributed by atoms with van der Waals surface area (Å²) < 4.78 is 4.71. The van der Waals surface area contributed by atoms with Gasteiger partial charge in [0.05, 0.1) is 17.2 Å². The Hall–Kier alpha value is -1.26. The van der Waals surface area contributed by atoms with E-state index in [2.05, 4.69) is 0 Å². The number of amides is 1. The Balaban J connectivity index is 2.23. The van der Waals surface area contributed by atoms with E-state index in [0.717, 1.165) is 6.42 Å². The van der Waals surface area contributed by atoms with E-state index in [1.807, 2.05) is 0 Å². The minimum Gasteiger partial charge on any atom is -0.467 e. The third-order valence-corrected chi connectivity index (χ3v) is 3.89. The first-order valence-corrected chi connectivity index (χ1v) is 6.64. The maximum absolute atomic E-state index is 12.4. The van der Waals surface area contributed by atoms with Crippen LogP contribution < -0.4 is 0 Å². The number of carbonyl (C=O) groups excluding carboxylic acids is 2. The van der Waals surface area contributed by atoms with Crippen molar-refractivity contribution in [1.82, 2.24) is 4.90 Å². The molecule has 4 nitrogen and oxygen atoms in total. The van der Waals surface area contributed by atoms with Gasteiger partial charge in [-0.2, -0.15) is 0 Å². The zero-order valence-corrected chi connectivity index (χ0v) is 11.9. The lowest BCUT2D eigenvalue weighted by atomic mass is 10.1. The van der Waals surface area contributed by atoms with Crippen molar-refractivity contribution in [2.24, 2.45) is 0 Å². The van der Waals surface area contributed by atoms with Crippen LogP contribution in [0.5, 0.6) is 0 Å². The summed E-state index contributed by atoms with van der Waals surface area (Å²) in [5.41, 5.74) is 0.421. The third kappa shape index (κ3) is 2.85. The highest BCUT2D eigenvalue weighted by Crippen LogP contribution is 2.26. The average Bonchev–Trinajstić information content (AvgIpc) is 2.89. The van der Waals surface area contributed by atoms with E-state index >= 15 is 0 Å². The summed E-state index contributed by atoms with van der Waals surface area (Å²) in [6.07, 6.45) is 1.41. The second-order valence-corrected chi connectivity index (χ2v) is 5.12. The molecule has 6 heteroatoms. The Bertz CT molecular complexity index is 519. The number of ether oxygens (including phenoxy) is 1. The van der Waals surface area contributed by atoms with Gasteiger partial charge in [-0.25, -0.2) is 4.79 Å². The molecule has 0 N–H and O–H groups in total. The predicted octanol–water partition coefficient (Wildman–Crippen LogP) is 2.77. The van der Waals surface area contributed by atoms with Crippen LogP contribution in [0.4, 0.5) is 0 Å². The Labute approximate surface area is 121 Å². The van der Waals surface area contributed by atoms with Crippen molar-refractivity contribution in [3.05, 3.63) is 33.8 Å². The molecule has 19 heavy (non-hydrogen) atoms. The molecule has 1 aliphatic rings. The van der Waals surface area contributed by atoms with E-state index in [-0.39, 0.29) is 11.9 Å². The molecule has 1 aliphatic heterocycles. The number of hydrogen-bond donors (Lipinski definition) is 0. The van der Waals surface area contributed by atoms with E-state index in [1.54, 1.807) is 12.1 Å². The van der Waals surface area contributed by atoms with Crippen LogP contribution in [0.1, 0.15) is 23.2 Å². The van der Waals surface area contributed by atoms with E-state index in [4.69, 9.17) is 27.9 Å². The molecule has 0 radical (unpaired) electrons. The number of esters is 1. The van der Waals surface area contributed by atoms with E-state index in [9.17, 15) is 9.59 Å². The van der Waals surface area contributed by atoms with Crippen molar-refractivity contribution >= 4 is 35.1 Å². The number of rotatable bonds is 2. The fraction of sp³-hybridized carbons (Fsp3) is 0.385. The maximum atomic E-state index is 12.4. The topological polar surface area (TPSA) is 46.6 Å². The predicted molar refractivity (Wildman–Crippen MR) is 72.5 cm³/mol. The highest BCUT2D eigenvalue weighted by Gasteiger charge is 2.35. The Kier molecular flexibility index (Phi) is 4.32. The molecular weight excluding hydrogens is 289 g/mol. The normalized spacial score (nSPS) is 18.5. The molecule has 0 bridgehead atoms. The van der Waals surface area contributed by atoms with Gasteiger partial charge in [0.2, 0.25) is 0 Å². The number of likely N-dealkylation sites (tertiary alicyclic amines) is 1. The molecule has 1 fully saturated rings. The molecule has 1 saturated heterocycles. The van der Waals surface area contributed by atoms with Crippen LogP contribution in [0.2, 0.25) is 10.0 Å². The zero-order valence-electron chi connectivity index (χ0n) is 10.4. The quantitative estimate of drug-likeness (QED) is 0.789. The number of nitrogens with zero attached hydrogens (tertiary/aromatic N) is 1. The lowest BCUT2D eigenvalue weighted by Gasteiger charge is -2.22. The first-order valence-electron chi connectivity index (χ1n) is 5.88. The second kappa shape index (κ2) is 5.80. The average molecular weight is 302 g/mol. The Morgan fingerprint density at radius 1 is 1.32 bits per heavy atom. The minimum atomic E-state index is -0.507. The van der Waals surface area contributed by atoms with Gasteiger partial charge in [-0.05, 0) is 31.0 Å². The van der Waals surface area contributed by atoms with Gasteiger partial charge in [-0.1, -0.05) is 23.2 Å². The highest BCUT2D eigenvalue weighted by atomic mass is 35.5. The van der Waals surface area contributed by atoms with Crippen molar-refractivity contribution in [3.63, 3.8) is 0 Å². The molecule has 1 heterocycles. The second-order valence-electron chi connectivity index (χ2n) is 4.31. The standard InChI is InChI=1S/C13H13Cl2NO3/c1-19-13(18)11-3-2-6-16(11)12(17)8-4-5-9(14)10(15)7-8/h4-5,7,11H,2-3,6H2,1H3. The summed E-state index contributed by atoms with van der Waals surface area (Å²) in [5.74, 6) is -0.614. The number of hydrogen-bond acceptors (Lipinski definition) is 3. The summed E-state index contributed by atoms with van der Waals surface area (Å²) in [5, 5.41) is 0.713. The minimum absolute atomic E-state index is 0.230. The molecular formula is C13H13Cl2NO3. The third-order valence-electron chi connectivity index (χ3n) is 3.15. The highest BCUT2D eigenvalue weighted by molar-refractivity contribution is 6.42. The van der Waals surface area contributed by atoms with Crippen LogP contribution in [-0.2, 0) is 9.53 Å². The zero-order chi connectivity index (χ0) is 14.0. The van der Waals surface area contributed by atoms with Crippen LogP contribution >= 0.6 is 23.2 Å². The van der Waals surface area contributed by atoms with Gasteiger partial charge < -0.3 is 9.64 Å². The van der Waals surface area contributed by atoms with Crippen LogP contribution in [-0.4, -0.2) is 36.5 Å². The van der Waals surface area contributed by atoms with Crippen molar-refractivity contribution in [2.45, 2.75) is 18.9 Å². The molecule has 1 unspecified atom stereocenters.